The highest BCUT2D eigenvalue weighted by Gasteiger charge is 2.25. The van der Waals surface area contributed by atoms with Crippen LogP contribution in [0.2, 0.25) is 0 Å². The molecule has 0 saturated carbocycles. The van der Waals surface area contributed by atoms with Gasteiger partial charge in [0.05, 0.1) is 6.54 Å². The lowest BCUT2D eigenvalue weighted by molar-refractivity contribution is -0.124. The molecule has 0 fully saturated rings. The van der Waals surface area contributed by atoms with E-state index in [0.29, 0.717) is 12.4 Å². The van der Waals surface area contributed by atoms with Crippen LogP contribution >= 0.6 is 0 Å². The molecular weight excluding hydrogens is 243 g/mol. The van der Waals surface area contributed by atoms with E-state index in [-0.39, 0.29) is 6.54 Å². The van der Waals surface area contributed by atoms with Crippen LogP contribution in [-0.2, 0) is 0 Å². The Morgan fingerprint density at radius 2 is 1.89 bits per heavy atom. The number of hydrogen-bond donors (Lipinski definition) is 2. The molecule has 0 bridgehead atoms. The first-order valence-corrected chi connectivity index (χ1v) is 5.91. The molecule has 0 aliphatic heterocycles. The molecule has 1 rings (SSSR count). The third-order valence-electron chi connectivity index (χ3n) is 1.85. The van der Waals surface area contributed by atoms with Gasteiger partial charge in [-0.15, -0.1) is 0 Å². The van der Waals surface area contributed by atoms with E-state index in [2.05, 4.69) is 15.6 Å². The van der Waals surface area contributed by atoms with Gasteiger partial charge in [-0.25, -0.2) is 4.98 Å². The molecule has 0 unspecified atom stereocenters. The highest BCUT2D eigenvalue weighted by atomic mass is 19.4. The van der Waals surface area contributed by atoms with Crippen molar-refractivity contribution in [1.29, 1.82) is 0 Å². The van der Waals surface area contributed by atoms with Gasteiger partial charge in [-0.1, -0.05) is 13.8 Å². The standard InChI is InChI=1S/C10H14F3N3.C2H6/c1-8-2-3-15-9(6-8)16-5-4-14-7-10(11,12)13;1-2/h2-3,6,14H,4-5,7H2,1H3,(H,15,16);1-2H3. The Labute approximate surface area is 106 Å². The highest BCUT2D eigenvalue weighted by Crippen LogP contribution is 2.11. The lowest BCUT2D eigenvalue weighted by atomic mass is 10.3. The Hall–Kier alpha value is -1.30. The first kappa shape index (κ1) is 16.7. The summed E-state index contributed by atoms with van der Waals surface area (Å²) in [5.41, 5.74) is 1.06. The molecule has 1 heterocycles. The van der Waals surface area contributed by atoms with Crippen LogP contribution in [0, 0.1) is 6.92 Å². The summed E-state index contributed by atoms with van der Waals surface area (Å²) in [6, 6.07) is 3.69. The maximum Gasteiger partial charge on any atom is 0.401 e. The van der Waals surface area contributed by atoms with Gasteiger partial charge < -0.3 is 10.6 Å². The number of aromatic nitrogens is 1. The molecule has 104 valence electrons. The van der Waals surface area contributed by atoms with Gasteiger partial charge in [0.1, 0.15) is 5.82 Å². The molecule has 0 aliphatic carbocycles. The normalized spacial score (nSPS) is 10.6. The average Bonchev–Trinajstić information content (AvgIpc) is 2.30. The van der Waals surface area contributed by atoms with E-state index >= 15 is 0 Å². The molecule has 2 N–H and O–H groups in total. The first-order chi connectivity index (χ1) is 8.47. The summed E-state index contributed by atoms with van der Waals surface area (Å²) in [7, 11) is 0. The van der Waals surface area contributed by atoms with Crippen LogP contribution in [0.25, 0.3) is 0 Å². The third-order valence-corrected chi connectivity index (χ3v) is 1.85. The number of hydrogen-bond acceptors (Lipinski definition) is 3. The zero-order chi connectivity index (χ0) is 14.0. The van der Waals surface area contributed by atoms with Crippen LogP contribution in [0.5, 0.6) is 0 Å². The molecule has 6 heteroatoms. The number of nitrogens with one attached hydrogen (secondary N) is 2. The smallest absolute Gasteiger partial charge is 0.369 e. The summed E-state index contributed by atoms with van der Waals surface area (Å²) in [6.45, 7) is 5.62. The molecule has 0 amide bonds. The van der Waals surface area contributed by atoms with Crippen LogP contribution in [-0.4, -0.2) is 30.8 Å². The van der Waals surface area contributed by atoms with Crippen molar-refractivity contribution in [2.75, 3.05) is 25.0 Å². The molecule has 0 atom stereocenters. The zero-order valence-corrected chi connectivity index (χ0v) is 10.9. The van der Waals surface area contributed by atoms with Crippen molar-refractivity contribution in [3.05, 3.63) is 23.9 Å². The largest absolute Gasteiger partial charge is 0.401 e. The number of alkyl halides is 3. The number of nitrogens with zero attached hydrogens (tertiary/aromatic N) is 1. The van der Waals surface area contributed by atoms with Crippen LogP contribution in [0.3, 0.4) is 0 Å². The summed E-state index contributed by atoms with van der Waals surface area (Å²) in [5.74, 6) is 0.675. The summed E-state index contributed by atoms with van der Waals surface area (Å²) < 4.78 is 35.3. The van der Waals surface area contributed by atoms with Crippen molar-refractivity contribution in [3.63, 3.8) is 0 Å². The van der Waals surface area contributed by atoms with E-state index < -0.39 is 12.7 Å². The molecule has 3 nitrogen and oxygen atoms in total. The first-order valence-electron chi connectivity index (χ1n) is 5.91. The Kier molecular flexibility index (Phi) is 8.11. The Morgan fingerprint density at radius 1 is 1.22 bits per heavy atom. The highest BCUT2D eigenvalue weighted by molar-refractivity contribution is 5.36. The van der Waals surface area contributed by atoms with Crippen LogP contribution in [0.4, 0.5) is 19.0 Å². The molecule has 1 aromatic rings. The zero-order valence-electron chi connectivity index (χ0n) is 10.9. The maximum absolute atomic E-state index is 11.8. The minimum absolute atomic E-state index is 0.245. The van der Waals surface area contributed by atoms with Crippen molar-refractivity contribution in [2.24, 2.45) is 0 Å². The van der Waals surface area contributed by atoms with Gasteiger partial charge in [-0.05, 0) is 24.6 Å². The Balaban J connectivity index is 0.00000137. The third kappa shape index (κ3) is 8.81. The topological polar surface area (TPSA) is 37.0 Å². The van der Waals surface area contributed by atoms with E-state index in [1.807, 2.05) is 32.9 Å². The number of halogens is 3. The lowest BCUT2D eigenvalue weighted by Crippen LogP contribution is -2.32. The van der Waals surface area contributed by atoms with Gasteiger partial charge in [0.25, 0.3) is 0 Å². The SMILES string of the molecule is CC.Cc1ccnc(NCCNCC(F)(F)F)c1. The molecule has 0 spiro atoms. The van der Waals surface area contributed by atoms with Crippen molar-refractivity contribution < 1.29 is 13.2 Å². The van der Waals surface area contributed by atoms with Gasteiger partial charge in [0.2, 0.25) is 0 Å². The lowest BCUT2D eigenvalue weighted by Gasteiger charge is -2.09. The summed E-state index contributed by atoms with van der Waals surface area (Å²) in [4.78, 5) is 4.02. The second kappa shape index (κ2) is 8.74. The van der Waals surface area contributed by atoms with Crippen molar-refractivity contribution in [3.8, 4) is 0 Å². The molecule has 0 aromatic carbocycles. The molecule has 18 heavy (non-hydrogen) atoms. The van der Waals surface area contributed by atoms with Crippen LogP contribution < -0.4 is 10.6 Å². The minimum Gasteiger partial charge on any atom is -0.369 e. The maximum atomic E-state index is 11.8. The predicted octanol–water partition coefficient (Wildman–Crippen LogP) is 2.98. The monoisotopic (exact) mass is 263 g/mol. The van der Waals surface area contributed by atoms with Gasteiger partial charge in [-0.3, -0.25) is 0 Å². The fraction of sp³-hybridized carbons (Fsp3) is 0.583. The van der Waals surface area contributed by atoms with Crippen molar-refractivity contribution in [2.45, 2.75) is 26.9 Å². The Morgan fingerprint density at radius 3 is 2.44 bits per heavy atom. The van der Waals surface area contributed by atoms with E-state index in [4.69, 9.17) is 0 Å². The molecular formula is C12H20F3N3. The van der Waals surface area contributed by atoms with E-state index in [1.165, 1.54) is 0 Å². The number of rotatable bonds is 5. The van der Waals surface area contributed by atoms with Crippen molar-refractivity contribution in [1.82, 2.24) is 10.3 Å². The fourth-order valence-electron chi connectivity index (χ4n) is 1.14. The van der Waals surface area contributed by atoms with Crippen LogP contribution in [0.15, 0.2) is 18.3 Å². The quantitative estimate of drug-likeness (QED) is 0.802. The number of anilines is 1. The van der Waals surface area contributed by atoms with Gasteiger partial charge >= 0.3 is 6.18 Å². The predicted molar refractivity (Wildman–Crippen MR) is 67.7 cm³/mol. The fourth-order valence-corrected chi connectivity index (χ4v) is 1.14. The average molecular weight is 263 g/mol. The van der Waals surface area contributed by atoms with E-state index in [1.54, 1.807) is 6.20 Å². The summed E-state index contributed by atoms with van der Waals surface area (Å²) in [6.07, 6.45) is -2.50. The Bertz CT molecular complexity index is 327. The van der Waals surface area contributed by atoms with E-state index in [0.717, 1.165) is 5.56 Å². The second-order valence-electron chi connectivity index (χ2n) is 3.44. The van der Waals surface area contributed by atoms with Gasteiger partial charge in [0.15, 0.2) is 0 Å². The van der Waals surface area contributed by atoms with Crippen molar-refractivity contribution >= 4 is 5.82 Å². The van der Waals surface area contributed by atoms with E-state index in [9.17, 15) is 13.2 Å². The second-order valence-corrected chi connectivity index (χ2v) is 3.44. The molecule has 0 radical (unpaired) electrons. The summed E-state index contributed by atoms with van der Waals surface area (Å²) >= 11 is 0. The molecule has 0 saturated heterocycles. The van der Waals surface area contributed by atoms with Gasteiger partial charge in [0, 0.05) is 19.3 Å². The number of aryl methyl sites for hydroxylation is 1. The minimum atomic E-state index is -4.15. The number of pyridine rings is 1. The molecule has 1 aromatic heterocycles. The van der Waals surface area contributed by atoms with Gasteiger partial charge in [-0.2, -0.15) is 13.2 Å². The summed E-state index contributed by atoms with van der Waals surface area (Å²) in [5, 5.41) is 5.23. The van der Waals surface area contributed by atoms with Crippen LogP contribution in [0.1, 0.15) is 19.4 Å². The molecule has 0 aliphatic rings.